The van der Waals surface area contributed by atoms with E-state index in [4.69, 9.17) is 5.11 Å². The molecule has 2 heteroatoms. The molecule has 2 aliphatic carbocycles. The molecule has 2 fully saturated rings. The Bertz CT molecular complexity index is 212. The molecule has 0 aromatic heterocycles. The van der Waals surface area contributed by atoms with E-state index >= 15 is 0 Å². The molecule has 0 bridgehead atoms. The molecule has 12 heavy (non-hydrogen) atoms. The van der Waals surface area contributed by atoms with Crippen molar-refractivity contribution in [2.45, 2.75) is 39.0 Å². The maximum atomic E-state index is 10.5. The second-order valence-corrected chi connectivity index (χ2v) is 4.79. The summed E-state index contributed by atoms with van der Waals surface area (Å²) in [5, 5.41) is 8.65. The molecule has 0 heterocycles. The van der Waals surface area contributed by atoms with Crippen LogP contribution in [0.2, 0.25) is 0 Å². The molecule has 0 amide bonds. The van der Waals surface area contributed by atoms with E-state index in [0.717, 1.165) is 12.3 Å². The van der Waals surface area contributed by atoms with E-state index in [1.807, 2.05) is 0 Å². The van der Waals surface area contributed by atoms with Crippen molar-refractivity contribution in [2.75, 3.05) is 0 Å². The van der Waals surface area contributed by atoms with Crippen molar-refractivity contribution >= 4 is 5.97 Å². The minimum Gasteiger partial charge on any atom is -0.481 e. The molecule has 68 valence electrons. The highest BCUT2D eigenvalue weighted by Crippen LogP contribution is 2.59. The first-order valence-corrected chi connectivity index (χ1v) is 4.82. The largest absolute Gasteiger partial charge is 0.481 e. The molecule has 0 spiro atoms. The number of aliphatic carboxylic acids is 1. The number of rotatable bonds is 2. The van der Waals surface area contributed by atoms with Crippen LogP contribution in [0.3, 0.4) is 0 Å². The zero-order chi connectivity index (χ0) is 8.77. The summed E-state index contributed by atoms with van der Waals surface area (Å²) in [5.74, 6) is 0.701. The van der Waals surface area contributed by atoms with Gasteiger partial charge in [-0.1, -0.05) is 6.92 Å². The molecule has 0 aliphatic heterocycles. The first kappa shape index (κ1) is 8.09. The van der Waals surface area contributed by atoms with Gasteiger partial charge >= 0.3 is 5.97 Å². The Hall–Kier alpha value is -0.530. The lowest BCUT2D eigenvalue weighted by Gasteiger charge is -2.42. The second-order valence-electron chi connectivity index (χ2n) is 4.79. The van der Waals surface area contributed by atoms with Crippen molar-refractivity contribution in [1.82, 2.24) is 0 Å². The van der Waals surface area contributed by atoms with Crippen LogP contribution in [-0.2, 0) is 4.79 Å². The van der Waals surface area contributed by atoms with Gasteiger partial charge in [0.2, 0.25) is 0 Å². The van der Waals surface area contributed by atoms with Crippen molar-refractivity contribution in [3.63, 3.8) is 0 Å². The maximum absolute atomic E-state index is 10.5. The summed E-state index contributed by atoms with van der Waals surface area (Å²) in [6.45, 7) is 2.32. The number of carboxylic acids is 1. The van der Waals surface area contributed by atoms with Gasteiger partial charge in [0.1, 0.15) is 0 Å². The summed E-state index contributed by atoms with van der Waals surface area (Å²) in [5.41, 5.74) is 0.528. The van der Waals surface area contributed by atoms with Crippen LogP contribution in [0, 0.1) is 17.3 Å². The Morgan fingerprint density at radius 2 is 2.42 bits per heavy atom. The van der Waals surface area contributed by atoms with Gasteiger partial charge in [0, 0.05) is 6.42 Å². The molecule has 0 aromatic rings. The van der Waals surface area contributed by atoms with E-state index in [1.165, 1.54) is 19.3 Å². The second kappa shape index (κ2) is 2.48. The van der Waals surface area contributed by atoms with Crippen molar-refractivity contribution in [3.8, 4) is 0 Å². The fourth-order valence-electron chi connectivity index (χ4n) is 3.06. The first-order chi connectivity index (χ1) is 5.60. The van der Waals surface area contributed by atoms with Crippen LogP contribution in [0.4, 0.5) is 0 Å². The highest BCUT2D eigenvalue weighted by Gasteiger charge is 2.49. The topological polar surface area (TPSA) is 37.3 Å². The molecule has 2 rings (SSSR count). The molecule has 2 saturated carbocycles. The third kappa shape index (κ3) is 1.13. The molecular weight excluding hydrogens is 152 g/mol. The van der Waals surface area contributed by atoms with Gasteiger partial charge in [-0.2, -0.15) is 0 Å². The van der Waals surface area contributed by atoms with Crippen LogP contribution < -0.4 is 0 Å². The summed E-state index contributed by atoms with van der Waals surface area (Å²) >= 11 is 0. The molecule has 3 atom stereocenters. The molecule has 2 aliphatic rings. The van der Waals surface area contributed by atoms with Gasteiger partial charge in [-0.05, 0) is 42.9 Å². The quantitative estimate of drug-likeness (QED) is 0.686. The third-order valence-electron chi connectivity index (χ3n) is 3.89. The van der Waals surface area contributed by atoms with Crippen LogP contribution in [0.15, 0.2) is 0 Å². The Labute approximate surface area is 73.0 Å². The molecule has 1 N–H and O–H groups in total. The Morgan fingerprint density at radius 1 is 1.67 bits per heavy atom. The lowest BCUT2D eigenvalue weighted by molar-refractivity contribution is -0.138. The predicted octanol–water partition coefficient (Wildman–Crippen LogP) is 2.29. The summed E-state index contributed by atoms with van der Waals surface area (Å²) in [6, 6.07) is 0. The number of carboxylic acid groups (broad SMARTS) is 1. The molecule has 0 saturated heterocycles. The lowest BCUT2D eigenvalue weighted by atomic mass is 9.63. The Balaban J connectivity index is 1.93. The van der Waals surface area contributed by atoms with Crippen molar-refractivity contribution < 1.29 is 9.90 Å². The zero-order valence-electron chi connectivity index (χ0n) is 7.55. The Kier molecular flexibility index (Phi) is 1.67. The van der Waals surface area contributed by atoms with Crippen molar-refractivity contribution in [3.05, 3.63) is 0 Å². The SMILES string of the molecule is CC12CCC1CC(CC(=O)O)C2. The monoisotopic (exact) mass is 168 g/mol. The van der Waals surface area contributed by atoms with Crippen LogP contribution in [0.25, 0.3) is 0 Å². The van der Waals surface area contributed by atoms with Crippen LogP contribution >= 0.6 is 0 Å². The minimum absolute atomic E-state index is 0.395. The fourth-order valence-corrected chi connectivity index (χ4v) is 3.06. The van der Waals surface area contributed by atoms with Gasteiger partial charge in [-0.15, -0.1) is 0 Å². The van der Waals surface area contributed by atoms with Crippen LogP contribution in [0.1, 0.15) is 39.0 Å². The van der Waals surface area contributed by atoms with Gasteiger partial charge in [0.05, 0.1) is 0 Å². The highest BCUT2D eigenvalue weighted by atomic mass is 16.4. The summed E-state index contributed by atoms with van der Waals surface area (Å²) in [7, 11) is 0. The summed E-state index contributed by atoms with van der Waals surface area (Å²) in [4.78, 5) is 10.5. The van der Waals surface area contributed by atoms with E-state index in [0.29, 0.717) is 17.8 Å². The maximum Gasteiger partial charge on any atom is 0.303 e. The van der Waals surface area contributed by atoms with E-state index in [9.17, 15) is 4.79 Å². The van der Waals surface area contributed by atoms with Crippen LogP contribution in [-0.4, -0.2) is 11.1 Å². The van der Waals surface area contributed by atoms with Gasteiger partial charge < -0.3 is 5.11 Å². The van der Waals surface area contributed by atoms with Crippen molar-refractivity contribution in [2.24, 2.45) is 17.3 Å². The van der Waals surface area contributed by atoms with E-state index in [2.05, 4.69) is 6.92 Å². The average Bonchev–Trinajstić information content (AvgIpc) is 2.13. The zero-order valence-corrected chi connectivity index (χ0v) is 7.55. The van der Waals surface area contributed by atoms with Gasteiger partial charge in [-0.25, -0.2) is 0 Å². The standard InChI is InChI=1S/C10H16O2/c1-10-3-2-8(10)4-7(6-10)5-9(11)12/h7-8H,2-6H2,1H3,(H,11,12). The van der Waals surface area contributed by atoms with Gasteiger partial charge in [-0.3, -0.25) is 4.79 Å². The van der Waals surface area contributed by atoms with E-state index in [1.54, 1.807) is 0 Å². The number of carbonyl (C=O) groups is 1. The normalized spacial score (nSPS) is 45.1. The smallest absolute Gasteiger partial charge is 0.303 e. The molecule has 2 nitrogen and oxygen atoms in total. The van der Waals surface area contributed by atoms with Crippen molar-refractivity contribution in [1.29, 1.82) is 0 Å². The van der Waals surface area contributed by atoms with E-state index < -0.39 is 5.97 Å². The molecular formula is C10H16O2. The summed E-state index contributed by atoms with van der Waals surface area (Å²) < 4.78 is 0. The summed E-state index contributed by atoms with van der Waals surface area (Å²) in [6.07, 6.45) is 5.39. The Morgan fingerprint density at radius 3 is 2.75 bits per heavy atom. The average molecular weight is 168 g/mol. The predicted molar refractivity (Wildman–Crippen MR) is 45.8 cm³/mol. The number of fused-ring (bicyclic) bond motifs is 1. The first-order valence-electron chi connectivity index (χ1n) is 4.82. The number of hydrogen-bond acceptors (Lipinski definition) is 1. The highest BCUT2D eigenvalue weighted by molar-refractivity contribution is 5.67. The third-order valence-corrected chi connectivity index (χ3v) is 3.89. The molecule has 0 aromatic carbocycles. The van der Waals surface area contributed by atoms with Gasteiger partial charge in [0.25, 0.3) is 0 Å². The van der Waals surface area contributed by atoms with E-state index in [-0.39, 0.29) is 0 Å². The number of hydrogen-bond donors (Lipinski definition) is 1. The lowest BCUT2D eigenvalue weighted by Crippen LogP contribution is -2.31. The molecule has 3 unspecified atom stereocenters. The van der Waals surface area contributed by atoms with Crippen LogP contribution in [0.5, 0.6) is 0 Å². The molecule has 0 radical (unpaired) electrons. The fraction of sp³-hybridized carbons (Fsp3) is 0.900. The van der Waals surface area contributed by atoms with Gasteiger partial charge in [0.15, 0.2) is 0 Å². The minimum atomic E-state index is -0.620.